The SMILES string of the molecule is Cc1c(C(=O)N2CC3CCC(C2)C3(O)C(F)(F)F)cnn1-c1nn2cccc2c(=O)[nH]1. The van der Waals surface area contributed by atoms with Gasteiger partial charge in [-0.3, -0.25) is 14.6 Å². The van der Waals surface area contributed by atoms with Crippen LogP contribution in [0.5, 0.6) is 0 Å². The molecular weight excluding hydrogens is 417 g/mol. The van der Waals surface area contributed by atoms with Crippen molar-refractivity contribution in [2.45, 2.75) is 31.5 Å². The monoisotopic (exact) mass is 436 g/mol. The number of nitrogens with one attached hydrogen (secondary N) is 1. The molecule has 1 amide bonds. The molecule has 2 N–H and O–H groups in total. The number of halogens is 3. The summed E-state index contributed by atoms with van der Waals surface area (Å²) in [5.74, 6) is -2.47. The molecule has 4 heterocycles. The van der Waals surface area contributed by atoms with E-state index in [4.69, 9.17) is 0 Å². The van der Waals surface area contributed by atoms with Gasteiger partial charge in [0.1, 0.15) is 5.52 Å². The van der Waals surface area contributed by atoms with Crippen molar-refractivity contribution in [2.75, 3.05) is 13.1 Å². The first-order valence-electron chi connectivity index (χ1n) is 9.82. The molecular formula is C19H19F3N6O3. The zero-order valence-corrected chi connectivity index (χ0v) is 16.4. The molecule has 31 heavy (non-hydrogen) atoms. The van der Waals surface area contributed by atoms with Gasteiger partial charge in [-0.15, -0.1) is 5.10 Å². The van der Waals surface area contributed by atoms with Gasteiger partial charge in [0, 0.05) is 31.1 Å². The molecule has 0 aromatic carbocycles. The first-order chi connectivity index (χ1) is 14.6. The Bertz CT molecular complexity index is 1230. The summed E-state index contributed by atoms with van der Waals surface area (Å²) in [4.78, 5) is 29.3. The summed E-state index contributed by atoms with van der Waals surface area (Å²) in [6.45, 7) is 1.26. The summed E-state index contributed by atoms with van der Waals surface area (Å²) in [5, 5.41) is 18.8. The highest BCUT2D eigenvalue weighted by Crippen LogP contribution is 2.53. The number of carbonyl (C=O) groups excluding carboxylic acids is 1. The number of amides is 1. The number of rotatable bonds is 2. The minimum atomic E-state index is -4.73. The standard InChI is InChI=1S/C19H19F3N6O3/c1-10-13(7-23-28(10)17-24-15(29)14-3-2-6-27(14)25-17)16(30)26-8-11-4-5-12(9-26)18(11,31)19(20,21)22/h2-3,6-7,11-12,31H,4-5,8-9H2,1H3,(H,24,25,29). The third kappa shape index (κ3) is 2.74. The zero-order chi connectivity index (χ0) is 22.1. The lowest BCUT2D eigenvalue weighted by molar-refractivity contribution is -0.296. The van der Waals surface area contributed by atoms with Crippen LogP contribution >= 0.6 is 0 Å². The van der Waals surface area contributed by atoms with Gasteiger partial charge in [0.15, 0.2) is 5.60 Å². The fourth-order valence-corrected chi connectivity index (χ4v) is 4.90. The Kier molecular flexibility index (Phi) is 4.10. The third-order valence-electron chi connectivity index (χ3n) is 6.56. The number of hydrogen-bond donors (Lipinski definition) is 2. The molecule has 1 aliphatic carbocycles. The lowest BCUT2D eigenvalue weighted by atomic mass is 9.79. The largest absolute Gasteiger partial charge is 0.417 e. The van der Waals surface area contributed by atoms with Crippen molar-refractivity contribution >= 4 is 11.4 Å². The summed E-state index contributed by atoms with van der Waals surface area (Å²) in [7, 11) is 0. The third-order valence-corrected chi connectivity index (χ3v) is 6.56. The predicted octanol–water partition coefficient (Wildman–Crippen LogP) is 1.29. The smallest absolute Gasteiger partial charge is 0.380 e. The van der Waals surface area contributed by atoms with Gasteiger partial charge in [-0.2, -0.15) is 18.3 Å². The molecule has 1 saturated heterocycles. The fraction of sp³-hybridized carbons (Fsp3) is 0.474. The number of aliphatic hydroxyl groups is 1. The molecule has 2 aliphatic rings. The van der Waals surface area contributed by atoms with Crippen molar-refractivity contribution in [2.24, 2.45) is 11.8 Å². The van der Waals surface area contributed by atoms with Crippen LogP contribution in [0.4, 0.5) is 13.2 Å². The van der Waals surface area contributed by atoms with Crippen LogP contribution in [-0.2, 0) is 0 Å². The number of likely N-dealkylation sites (tertiary alicyclic amines) is 1. The van der Waals surface area contributed by atoms with Gasteiger partial charge >= 0.3 is 6.18 Å². The average Bonchev–Trinajstić information content (AvgIpc) is 3.35. The Morgan fingerprint density at radius 3 is 2.61 bits per heavy atom. The molecule has 2 atom stereocenters. The van der Waals surface area contributed by atoms with Gasteiger partial charge in [0.05, 0.1) is 17.5 Å². The molecule has 12 heteroatoms. The highest BCUT2D eigenvalue weighted by atomic mass is 19.4. The van der Waals surface area contributed by atoms with Gasteiger partial charge in [-0.25, -0.2) is 9.20 Å². The van der Waals surface area contributed by atoms with Crippen LogP contribution in [0.1, 0.15) is 28.9 Å². The lowest BCUT2D eigenvalue weighted by Crippen LogP contribution is -2.62. The van der Waals surface area contributed by atoms with E-state index in [-0.39, 0.29) is 43.0 Å². The van der Waals surface area contributed by atoms with E-state index in [1.165, 1.54) is 20.3 Å². The molecule has 2 unspecified atom stereocenters. The Hall–Kier alpha value is -3.15. The summed E-state index contributed by atoms with van der Waals surface area (Å²) in [6, 6.07) is 3.27. The second kappa shape index (κ2) is 6.42. The van der Waals surface area contributed by atoms with Crippen molar-refractivity contribution in [1.29, 1.82) is 0 Å². The minimum absolute atomic E-state index is 0.107. The van der Waals surface area contributed by atoms with Crippen LogP contribution < -0.4 is 5.56 Å². The topological polar surface area (TPSA) is 109 Å². The second-order valence-corrected chi connectivity index (χ2v) is 8.18. The van der Waals surface area contributed by atoms with Crippen molar-refractivity contribution in [1.82, 2.24) is 29.3 Å². The van der Waals surface area contributed by atoms with Crippen molar-refractivity contribution in [3.8, 4) is 5.95 Å². The average molecular weight is 436 g/mol. The molecule has 9 nitrogen and oxygen atoms in total. The zero-order valence-electron chi connectivity index (χ0n) is 16.4. The van der Waals surface area contributed by atoms with Crippen LogP contribution in [0, 0.1) is 18.8 Å². The maximum Gasteiger partial charge on any atom is 0.417 e. The molecule has 2 bridgehead atoms. The van der Waals surface area contributed by atoms with E-state index >= 15 is 0 Å². The molecule has 164 valence electrons. The van der Waals surface area contributed by atoms with E-state index in [9.17, 15) is 27.9 Å². The molecule has 1 saturated carbocycles. The molecule has 0 radical (unpaired) electrons. The summed E-state index contributed by atoms with van der Waals surface area (Å²) in [6.07, 6.45) is -1.40. The van der Waals surface area contributed by atoms with Crippen LogP contribution in [0.3, 0.4) is 0 Å². The van der Waals surface area contributed by atoms with Gasteiger partial charge in [0.2, 0.25) is 5.95 Å². The molecule has 2 fully saturated rings. The number of nitrogens with zero attached hydrogens (tertiary/aromatic N) is 5. The van der Waals surface area contributed by atoms with Crippen LogP contribution in [-0.4, -0.2) is 65.2 Å². The van der Waals surface area contributed by atoms with Gasteiger partial charge < -0.3 is 10.0 Å². The normalized spacial score (nSPS) is 26.0. The molecule has 1 aliphatic heterocycles. The highest BCUT2D eigenvalue weighted by Gasteiger charge is 2.67. The number of carbonyl (C=O) groups is 1. The summed E-state index contributed by atoms with van der Waals surface area (Å²) < 4.78 is 43.2. The molecule has 5 rings (SSSR count). The summed E-state index contributed by atoms with van der Waals surface area (Å²) >= 11 is 0. The van der Waals surface area contributed by atoms with Gasteiger partial charge in [-0.05, 0) is 31.9 Å². The first kappa shape index (κ1) is 19.8. The van der Waals surface area contributed by atoms with E-state index in [1.807, 2.05) is 0 Å². The minimum Gasteiger partial charge on any atom is -0.380 e. The maximum atomic E-state index is 13.5. The van der Waals surface area contributed by atoms with Crippen molar-refractivity contribution in [3.05, 3.63) is 46.1 Å². The van der Waals surface area contributed by atoms with E-state index in [2.05, 4.69) is 15.2 Å². The molecule has 3 aromatic heterocycles. The van der Waals surface area contributed by atoms with E-state index < -0.39 is 29.5 Å². The summed E-state index contributed by atoms with van der Waals surface area (Å²) in [5.41, 5.74) is -2.18. The van der Waals surface area contributed by atoms with Gasteiger partial charge in [-0.1, -0.05) is 0 Å². The number of fused-ring (bicyclic) bond motifs is 3. The fourth-order valence-electron chi connectivity index (χ4n) is 4.90. The Morgan fingerprint density at radius 1 is 1.29 bits per heavy atom. The van der Waals surface area contributed by atoms with Crippen LogP contribution in [0.15, 0.2) is 29.3 Å². The maximum absolute atomic E-state index is 13.5. The highest BCUT2D eigenvalue weighted by molar-refractivity contribution is 5.95. The van der Waals surface area contributed by atoms with E-state index in [0.717, 1.165) is 0 Å². The number of aromatic amines is 1. The Labute approximate surface area is 173 Å². The van der Waals surface area contributed by atoms with E-state index in [1.54, 1.807) is 25.3 Å². The van der Waals surface area contributed by atoms with Crippen molar-refractivity contribution < 1.29 is 23.1 Å². The lowest BCUT2D eigenvalue weighted by Gasteiger charge is -2.45. The molecule has 0 spiro atoms. The quantitative estimate of drug-likeness (QED) is 0.630. The number of piperidine rings is 1. The van der Waals surface area contributed by atoms with Gasteiger partial charge in [0.25, 0.3) is 11.5 Å². The number of alkyl halides is 3. The number of H-pyrrole nitrogens is 1. The number of aromatic nitrogens is 5. The molecule has 3 aromatic rings. The first-order valence-corrected chi connectivity index (χ1v) is 9.82. The number of hydrogen-bond acceptors (Lipinski definition) is 5. The Morgan fingerprint density at radius 2 is 1.97 bits per heavy atom. The van der Waals surface area contributed by atoms with E-state index in [0.29, 0.717) is 11.2 Å². The second-order valence-electron chi connectivity index (χ2n) is 8.18. The van der Waals surface area contributed by atoms with Crippen LogP contribution in [0.25, 0.3) is 11.5 Å². The van der Waals surface area contributed by atoms with Crippen molar-refractivity contribution in [3.63, 3.8) is 0 Å². The predicted molar refractivity (Wildman–Crippen MR) is 101 cm³/mol. The van der Waals surface area contributed by atoms with Crippen LogP contribution in [0.2, 0.25) is 0 Å². The Balaban J connectivity index is 1.44.